The summed E-state index contributed by atoms with van der Waals surface area (Å²) in [7, 11) is -3.64. The minimum absolute atomic E-state index is 0.0241. The molecule has 7 heteroatoms. The van der Waals surface area contributed by atoms with E-state index in [2.05, 4.69) is 35.7 Å². The molecule has 0 aromatic carbocycles. The smallest absolute Gasteiger partial charge is 0.257 e. The molecule has 18 heavy (non-hydrogen) atoms. The quantitative estimate of drug-likeness (QED) is 0.743. The van der Waals surface area contributed by atoms with Crippen molar-refractivity contribution in [1.82, 2.24) is 14.9 Å². The van der Waals surface area contributed by atoms with Gasteiger partial charge in [0.05, 0.1) is 12.8 Å². The van der Waals surface area contributed by atoms with Crippen LogP contribution < -0.4 is 4.72 Å². The molecule has 1 atom stereocenters. The first-order chi connectivity index (χ1) is 8.18. The first-order valence-electron chi connectivity index (χ1n) is 5.81. The molecule has 104 valence electrons. The number of aromatic nitrogens is 2. The molecule has 3 N–H and O–H groups in total. The number of aromatic amines is 1. The molecule has 0 aliphatic heterocycles. The fourth-order valence-corrected chi connectivity index (χ4v) is 2.51. The van der Waals surface area contributed by atoms with Gasteiger partial charge in [-0.2, -0.15) is 5.10 Å². The molecule has 0 amide bonds. The summed E-state index contributed by atoms with van der Waals surface area (Å²) in [5.74, 6) is 0.188. The van der Waals surface area contributed by atoms with Crippen molar-refractivity contribution in [1.29, 1.82) is 0 Å². The predicted octanol–water partition coefficient (Wildman–Crippen LogP) is 0.862. The Morgan fingerprint density at radius 2 is 2.11 bits per heavy atom. The molecule has 0 aliphatic carbocycles. The average Bonchev–Trinajstić information content (AvgIpc) is 2.73. The molecule has 0 aliphatic rings. The van der Waals surface area contributed by atoms with Crippen LogP contribution in [0.5, 0.6) is 0 Å². The lowest BCUT2D eigenvalue weighted by Crippen LogP contribution is -2.34. The third kappa shape index (κ3) is 3.54. The highest BCUT2D eigenvalue weighted by atomic mass is 32.2. The minimum Gasteiger partial charge on any atom is -0.392 e. The van der Waals surface area contributed by atoms with Crippen molar-refractivity contribution in [2.75, 3.05) is 6.54 Å². The second-order valence-electron chi connectivity index (χ2n) is 5.50. The lowest BCUT2D eigenvalue weighted by molar-refractivity contribution is 0.262. The SMILES string of the molecule is CC(CNS(=O)(=O)c1[nH]ncc1CO)C(C)(C)C. The van der Waals surface area contributed by atoms with E-state index in [-0.39, 0.29) is 28.5 Å². The third-order valence-corrected chi connectivity index (χ3v) is 4.61. The molecular weight excluding hydrogens is 254 g/mol. The van der Waals surface area contributed by atoms with Crippen LogP contribution in [0, 0.1) is 11.3 Å². The zero-order valence-electron chi connectivity index (χ0n) is 11.2. The maximum atomic E-state index is 12.0. The predicted molar refractivity (Wildman–Crippen MR) is 68.3 cm³/mol. The molecule has 0 fully saturated rings. The lowest BCUT2D eigenvalue weighted by Gasteiger charge is -2.27. The number of aliphatic hydroxyl groups is 1. The van der Waals surface area contributed by atoms with Gasteiger partial charge in [0, 0.05) is 12.1 Å². The van der Waals surface area contributed by atoms with Gasteiger partial charge in [-0.15, -0.1) is 0 Å². The van der Waals surface area contributed by atoms with Gasteiger partial charge >= 0.3 is 0 Å². The van der Waals surface area contributed by atoms with Crippen LogP contribution in [0.25, 0.3) is 0 Å². The van der Waals surface area contributed by atoms with Gasteiger partial charge in [0.2, 0.25) is 0 Å². The van der Waals surface area contributed by atoms with E-state index in [1.54, 1.807) is 0 Å². The van der Waals surface area contributed by atoms with E-state index in [1.807, 2.05) is 6.92 Å². The number of hydrogen-bond acceptors (Lipinski definition) is 4. The monoisotopic (exact) mass is 275 g/mol. The van der Waals surface area contributed by atoms with Crippen molar-refractivity contribution in [3.05, 3.63) is 11.8 Å². The van der Waals surface area contributed by atoms with Gasteiger partial charge in [0.15, 0.2) is 5.03 Å². The Balaban J connectivity index is 2.78. The van der Waals surface area contributed by atoms with E-state index in [1.165, 1.54) is 6.20 Å². The van der Waals surface area contributed by atoms with E-state index in [9.17, 15) is 8.42 Å². The van der Waals surface area contributed by atoms with Gasteiger partial charge in [0.1, 0.15) is 0 Å². The molecule has 1 aromatic rings. The second-order valence-corrected chi connectivity index (χ2v) is 7.21. The summed E-state index contributed by atoms with van der Waals surface area (Å²) in [6.45, 7) is 8.14. The van der Waals surface area contributed by atoms with E-state index >= 15 is 0 Å². The molecule has 0 bridgehead atoms. The van der Waals surface area contributed by atoms with Crippen molar-refractivity contribution in [3.63, 3.8) is 0 Å². The molecule has 0 spiro atoms. The average molecular weight is 275 g/mol. The standard InChI is InChI=1S/C11H21N3O3S/c1-8(11(2,3)4)5-13-18(16,17)10-9(7-15)6-12-14-10/h6,8,13,15H,5,7H2,1-4H3,(H,12,14). The van der Waals surface area contributed by atoms with Crippen molar-refractivity contribution in [2.24, 2.45) is 11.3 Å². The molecular formula is C11H21N3O3S. The topological polar surface area (TPSA) is 95.1 Å². The maximum absolute atomic E-state index is 12.0. The van der Waals surface area contributed by atoms with Gasteiger partial charge in [-0.05, 0) is 11.3 Å². The fourth-order valence-electron chi connectivity index (χ4n) is 1.26. The van der Waals surface area contributed by atoms with Crippen LogP contribution in [0.15, 0.2) is 11.2 Å². The van der Waals surface area contributed by atoms with Crippen molar-refractivity contribution in [2.45, 2.75) is 39.3 Å². The Morgan fingerprint density at radius 1 is 1.50 bits per heavy atom. The number of nitrogens with zero attached hydrogens (tertiary/aromatic N) is 1. The van der Waals surface area contributed by atoms with Gasteiger partial charge < -0.3 is 5.11 Å². The number of nitrogens with one attached hydrogen (secondary N) is 2. The van der Waals surface area contributed by atoms with Crippen LogP contribution in [0.4, 0.5) is 0 Å². The summed E-state index contributed by atoms with van der Waals surface area (Å²) < 4.78 is 26.6. The summed E-state index contributed by atoms with van der Waals surface area (Å²) in [5, 5.41) is 15.0. The highest BCUT2D eigenvalue weighted by Gasteiger charge is 2.25. The summed E-state index contributed by atoms with van der Waals surface area (Å²) in [4.78, 5) is 0. The van der Waals surface area contributed by atoms with E-state index < -0.39 is 10.0 Å². The zero-order valence-corrected chi connectivity index (χ0v) is 12.0. The van der Waals surface area contributed by atoms with Gasteiger partial charge in [-0.1, -0.05) is 27.7 Å². The summed E-state index contributed by atoms with van der Waals surface area (Å²) in [6.07, 6.45) is 1.31. The van der Waals surface area contributed by atoms with Crippen molar-refractivity contribution >= 4 is 10.0 Å². The highest BCUT2D eigenvalue weighted by Crippen LogP contribution is 2.25. The molecule has 1 rings (SSSR count). The van der Waals surface area contributed by atoms with Crippen LogP contribution in [-0.2, 0) is 16.6 Å². The molecule has 1 unspecified atom stereocenters. The van der Waals surface area contributed by atoms with Gasteiger partial charge in [-0.3, -0.25) is 5.10 Å². The number of aliphatic hydroxyl groups excluding tert-OH is 1. The number of rotatable bonds is 5. The van der Waals surface area contributed by atoms with Crippen LogP contribution in [0.1, 0.15) is 33.3 Å². The van der Waals surface area contributed by atoms with Crippen LogP contribution in [0.2, 0.25) is 0 Å². The molecule has 1 aromatic heterocycles. The Bertz CT molecular complexity index is 488. The Morgan fingerprint density at radius 3 is 2.61 bits per heavy atom. The van der Waals surface area contributed by atoms with E-state index in [0.29, 0.717) is 6.54 Å². The summed E-state index contributed by atoms with van der Waals surface area (Å²) >= 11 is 0. The minimum atomic E-state index is -3.64. The summed E-state index contributed by atoms with van der Waals surface area (Å²) in [6, 6.07) is 0. The fraction of sp³-hybridized carbons (Fsp3) is 0.727. The molecule has 1 heterocycles. The van der Waals surface area contributed by atoms with Gasteiger partial charge in [-0.25, -0.2) is 13.1 Å². The third-order valence-electron chi connectivity index (χ3n) is 3.18. The highest BCUT2D eigenvalue weighted by molar-refractivity contribution is 7.89. The number of sulfonamides is 1. The Labute approximate surface area is 108 Å². The summed E-state index contributed by atoms with van der Waals surface area (Å²) in [5.41, 5.74) is 0.293. The van der Waals surface area contributed by atoms with Crippen LogP contribution in [0.3, 0.4) is 0 Å². The normalized spacial score (nSPS) is 14.7. The van der Waals surface area contributed by atoms with Crippen LogP contribution >= 0.6 is 0 Å². The van der Waals surface area contributed by atoms with E-state index in [0.717, 1.165) is 0 Å². The van der Waals surface area contributed by atoms with Gasteiger partial charge in [0.25, 0.3) is 10.0 Å². The largest absolute Gasteiger partial charge is 0.392 e. The molecule has 0 saturated carbocycles. The van der Waals surface area contributed by atoms with Crippen molar-refractivity contribution in [3.8, 4) is 0 Å². The molecule has 0 radical (unpaired) electrons. The molecule has 0 saturated heterocycles. The number of H-pyrrole nitrogens is 1. The van der Waals surface area contributed by atoms with E-state index in [4.69, 9.17) is 5.11 Å². The number of hydrogen-bond donors (Lipinski definition) is 3. The zero-order chi connectivity index (χ0) is 14.0. The maximum Gasteiger partial charge on any atom is 0.257 e. The Hall–Kier alpha value is -0.920. The molecule has 6 nitrogen and oxygen atoms in total. The first kappa shape index (κ1) is 15.1. The Kier molecular flexibility index (Phi) is 4.52. The van der Waals surface area contributed by atoms with Crippen molar-refractivity contribution < 1.29 is 13.5 Å². The van der Waals surface area contributed by atoms with Crippen LogP contribution in [-0.4, -0.2) is 30.3 Å². The lowest BCUT2D eigenvalue weighted by atomic mass is 9.82. The first-order valence-corrected chi connectivity index (χ1v) is 7.29. The second kappa shape index (κ2) is 5.38.